The molecule has 0 spiro atoms. The lowest BCUT2D eigenvalue weighted by Gasteiger charge is -2.19. The highest BCUT2D eigenvalue weighted by molar-refractivity contribution is 5.92. The zero-order chi connectivity index (χ0) is 13.5. The van der Waals surface area contributed by atoms with Crippen LogP contribution in [0.15, 0.2) is 24.3 Å². The molecular weight excluding hydrogens is 228 g/mol. The van der Waals surface area contributed by atoms with Crippen molar-refractivity contribution in [3.63, 3.8) is 0 Å². The van der Waals surface area contributed by atoms with Crippen LogP contribution in [-0.2, 0) is 4.79 Å². The average Bonchev–Trinajstić information content (AvgIpc) is 2.32. The van der Waals surface area contributed by atoms with E-state index in [0.29, 0.717) is 5.92 Å². The monoisotopic (exact) mass is 250 g/mol. The molecule has 0 aliphatic carbocycles. The summed E-state index contributed by atoms with van der Waals surface area (Å²) >= 11 is 0. The number of benzene rings is 1. The Morgan fingerprint density at radius 1 is 1.33 bits per heavy atom. The van der Waals surface area contributed by atoms with Crippen molar-refractivity contribution in [3.8, 4) is 0 Å². The van der Waals surface area contributed by atoms with Crippen LogP contribution in [0, 0.1) is 12.8 Å². The first-order chi connectivity index (χ1) is 8.54. The van der Waals surface area contributed by atoms with Crippen molar-refractivity contribution < 1.29 is 9.90 Å². The van der Waals surface area contributed by atoms with Gasteiger partial charge in [0.15, 0.2) is 0 Å². The van der Waals surface area contributed by atoms with Gasteiger partial charge in [0.05, 0.1) is 13.2 Å². The van der Waals surface area contributed by atoms with Crippen LogP contribution in [0.4, 0.5) is 5.69 Å². The molecule has 4 nitrogen and oxygen atoms in total. The van der Waals surface area contributed by atoms with Crippen LogP contribution in [0.5, 0.6) is 0 Å². The van der Waals surface area contributed by atoms with Gasteiger partial charge in [-0.2, -0.15) is 0 Å². The molecule has 0 radical (unpaired) electrons. The molecule has 0 aliphatic rings. The normalized spacial score (nSPS) is 12.5. The lowest BCUT2D eigenvalue weighted by molar-refractivity contribution is -0.115. The fraction of sp³-hybridized carbons (Fsp3) is 0.500. The second-order valence-corrected chi connectivity index (χ2v) is 4.78. The highest BCUT2D eigenvalue weighted by Crippen LogP contribution is 2.12. The minimum Gasteiger partial charge on any atom is -0.395 e. The fourth-order valence-electron chi connectivity index (χ4n) is 1.64. The maximum absolute atomic E-state index is 11.8. The van der Waals surface area contributed by atoms with Gasteiger partial charge in [0.1, 0.15) is 0 Å². The van der Waals surface area contributed by atoms with E-state index in [-0.39, 0.29) is 25.1 Å². The molecule has 0 heterocycles. The zero-order valence-corrected chi connectivity index (χ0v) is 11.2. The van der Waals surface area contributed by atoms with Gasteiger partial charge in [-0.15, -0.1) is 0 Å². The van der Waals surface area contributed by atoms with Crippen LogP contribution in [0.3, 0.4) is 0 Å². The summed E-state index contributed by atoms with van der Waals surface area (Å²) in [6, 6.07) is 7.60. The predicted octanol–water partition coefficient (Wildman–Crippen LogP) is 1.54. The molecule has 1 aromatic carbocycles. The highest BCUT2D eigenvalue weighted by atomic mass is 16.3. The van der Waals surface area contributed by atoms with Crippen LogP contribution >= 0.6 is 0 Å². The molecule has 100 valence electrons. The van der Waals surface area contributed by atoms with Gasteiger partial charge in [0.25, 0.3) is 0 Å². The summed E-state index contributed by atoms with van der Waals surface area (Å²) in [5.74, 6) is 0.199. The Balaban J connectivity index is 2.45. The summed E-state index contributed by atoms with van der Waals surface area (Å²) in [5.41, 5.74) is 1.86. The minimum absolute atomic E-state index is 0.0370. The standard InChI is InChI=1S/C14H22N2O2/c1-10(2)13(9-17)15-8-14(18)16-12-7-5-4-6-11(12)3/h4-7,10,13,15,17H,8-9H2,1-3H3,(H,16,18). The second kappa shape index (κ2) is 7.13. The number of hydrogen-bond acceptors (Lipinski definition) is 3. The van der Waals surface area contributed by atoms with Gasteiger partial charge in [-0.05, 0) is 24.5 Å². The van der Waals surface area contributed by atoms with E-state index >= 15 is 0 Å². The number of aliphatic hydroxyl groups excluding tert-OH is 1. The highest BCUT2D eigenvalue weighted by Gasteiger charge is 2.13. The first-order valence-electron chi connectivity index (χ1n) is 6.24. The molecule has 0 bridgehead atoms. The molecule has 0 saturated heterocycles. The summed E-state index contributed by atoms with van der Waals surface area (Å²) in [4.78, 5) is 11.8. The van der Waals surface area contributed by atoms with E-state index in [4.69, 9.17) is 5.11 Å². The maximum atomic E-state index is 11.8. The Kier molecular flexibility index (Phi) is 5.82. The summed E-state index contributed by atoms with van der Waals surface area (Å²) in [7, 11) is 0. The molecule has 3 N–H and O–H groups in total. The van der Waals surface area contributed by atoms with E-state index in [0.717, 1.165) is 11.3 Å². The summed E-state index contributed by atoms with van der Waals surface area (Å²) in [5, 5.41) is 15.0. The molecule has 0 aliphatic heterocycles. The van der Waals surface area contributed by atoms with Gasteiger partial charge in [-0.3, -0.25) is 4.79 Å². The summed E-state index contributed by atoms with van der Waals surface area (Å²) in [6.45, 7) is 6.21. The van der Waals surface area contributed by atoms with Crippen molar-refractivity contribution in [3.05, 3.63) is 29.8 Å². The molecule has 0 aromatic heterocycles. The number of nitrogens with one attached hydrogen (secondary N) is 2. The number of para-hydroxylation sites is 1. The third kappa shape index (κ3) is 4.47. The van der Waals surface area contributed by atoms with E-state index in [1.807, 2.05) is 45.0 Å². The molecule has 1 aromatic rings. The zero-order valence-electron chi connectivity index (χ0n) is 11.2. The third-order valence-electron chi connectivity index (χ3n) is 2.95. The Hall–Kier alpha value is -1.39. The number of aliphatic hydroxyl groups is 1. The molecular formula is C14H22N2O2. The Morgan fingerprint density at radius 3 is 2.56 bits per heavy atom. The first-order valence-corrected chi connectivity index (χ1v) is 6.24. The van der Waals surface area contributed by atoms with E-state index < -0.39 is 0 Å². The van der Waals surface area contributed by atoms with E-state index in [2.05, 4.69) is 10.6 Å². The van der Waals surface area contributed by atoms with Crippen molar-refractivity contribution in [2.75, 3.05) is 18.5 Å². The van der Waals surface area contributed by atoms with Crippen molar-refractivity contribution in [2.24, 2.45) is 5.92 Å². The molecule has 0 fully saturated rings. The number of amides is 1. The molecule has 0 saturated carbocycles. The Labute approximate surface area is 108 Å². The van der Waals surface area contributed by atoms with E-state index in [9.17, 15) is 4.79 Å². The lowest BCUT2D eigenvalue weighted by Crippen LogP contribution is -2.41. The van der Waals surface area contributed by atoms with Gasteiger partial charge < -0.3 is 15.7 Å². The number of rotatable bonds is 6. The second-order valence-electron chi connectivity index (χ2n) is 4.78. The summed E-state index contributed by atoms with van der Waals surface area (Å²) in [6.07, 6.45) is 0. The van der Waals surface area contributed by atoms with Crippen molar-refractivity contribution in [2.45, 2.75) is 26.8 Å². The molecule has 18 heavy (non-hydrogen) atoms. The number of hydrogen-bond donors (Lipinski definition) is 3. The van der Waals surface area contributed by atoms with Gasteiger partial charge in [-0.25, -0.2) is 0 Å². The fourth-order valence-corrected chi connectivity index (χ4v) is 1.64. The molecule has 4 heteroatoms. The van der Waals surface area contributed by atoms with Crippen molar-refractivity contribution in [1.29, 1.82) is 0 Å². The molecule has 1 amide bonds. The Bertz CT molecular complexity index is 391. The number of carbonyl (C=O) groups is 1. The molecule has 1 atom stereocenters. The van der Waals surface area contributed by atoms with Crippen LogP contribution < -0.4 is 10.6 Å². The SMILES string of the molecule is Cc1ccccc1NC(=O)CNC(CO)C(C)C. The van der Waals surface area contributed by atoms with Crippen LogP contribution in [0.2, 0.25) is 0 Å². The smallest absolute Gasteiger partial charge is 0.238 e. The molecule has 1 unspecified atom stereocenters. The van der Waals surface area contributed by atoms with E-state index in [1.54, 1.807) is 0 Å². The van der Waals surface area contributed by atoms with Crippen LogP contribution in [-0.4, -0.2) is 30.2 Å². The van der Waals surface area contributed by atoms with Gasteiger partial charge in [-0.1, -0.05) is 32.0 Å². The first kappa shape index (κ1) is 14.7. The van der Waals surface area contributed by atoms with Crippen LogP contribution in [0.25, 0.3) is 0 Å². The average molecular weight is 250 g/mol. The summed E-state index contributed by atoms with van der Waals surface area (Å²) < 4.78 is 0. The van der Waals surface area contributed by atoms with Crippen LogP contribution in [0.1, 0.15) is 19.4 Å². The van der Waals surface area contributed by atoms with Gasteiger partial charge in [0, 0.05) is 11.7 Å². The molecule has 1 rings (SSSR count). The predicted molar refractivity (Wildman–Crippen MR) is 73.5 cm³/mol. The maximum Gasteiger partial charge on any atom is 0.238 e. The van der Waals surface area contributed by atoms with Crippen molar-refractivity contribution >= 4 is 11.6 Å². The topological polar surface area (TPSA) is 61.4 Å². The Morgan fingerprint density at radius 2 is 2.00 bits per heavy atom. The number of carbonyl (C=O) groups excluding carboxylic acids is 1. The van der Waals surface area contributed by atoms with Gasteiger partial charge >= 0.3 is 0 Å². The quantitative estimate of drug-likeness (QED) is 0.717. The van der Waals surface area contributed by atoms with Crippen molar-refractivity contribution in [1.82, 2.24) is 5.32 Å². The number of anilines is 1. The number of aryl methyl sites for hydroxylation is 1. The third-order valence-corrected chi connectivity index (χ3v) is 2.95. The minimum atomic E-state index is -0.0941. The lowest BCUT2D eigenvalue weighted by atomic mass is 10.1. The van der Waals surface area contributed by atoms with E-state index in [1.165, 1.54) is 0 Å². The van der Waals surface area contributed by atoms with Gasteiger partial charge in [0.2, 0.25) is 5.91 Å². The largest absolute Gasteiger partial charge is 0.395 e.